The molecule has 6 nitrogen and oxygen atoms in total. The molecule has 0 unspecified atom stereocenters. The minimum absolute atomic E-state index is 0.0548. The van der Waals surface area contributed by atoms with Crippen LogP contribution in [0.4, 0.5) is 0 Å². The van der Waals surface area contributed by atoms with Crippen molar-refractivity contribution in [1.82, 2.24) is 0 Å². The molecule has 0 atom stereocenters. The largest absolute Gasteiger partial charge is 0.872 e. The number of carbonyl (C=O) groups excluding carboxylic acids is 1. The molecule has 0 spiro atoms. The zero-order valence-electron chi connectivity index (χ0n) is 17.0. The molecule has 2 heterocycles. The molecule has 0 amide bonds. The number of quaternary nitrogens is 1. The second kappa shape index (κ2) is 7.79. The first-order valence-electron chi connectivity index (χ1n) is 9.85. The van der Waals surface area contributed by atoms with Gasteiger partial charge >= 0.3 is 0 Å². The predicted octanol–water partition coefficient (Wildman–Crippen LogP) is 1.88. The third kappa shape index (κ3) is 3.56. The highest BCUT2D eigenvalue weighted by Crippen LogP contribution is 2.41. The van der Waals surface area contributed by atoms with Crippen molar-refractivity contribution < 1.29 is 29.0 Å². The van der Waals surface area contributed by atoms with Crippen LogP contribution in [-0.4, -0.2) is 33.1 Å². The van der Waals surface area contributed by atoms with E-state index in [0.29, 0.717) is 40.5 Å². The number of ether oxygens (including phenoxy) is 3. The molecule has 1 fully saturated rings. The number of hydrogen-bond acceptors (Lipinski definition) is 5. The van der Waals surface area contributed by atoms with Crippen LogP contribution in [0.25, 0.3) is 6.08 Å². The lowest BCUT2D eigenvalue weighted by molar-refractivity contribution is -0.901. The first-order chi connectivity index (χ1) is 14.0. The van der Waals surface area contributed by atoms with Gasteiger partial charge in [0, 0.05) is 18.4 Å². The van der Waals surface area contributed by atoms with E-state index in [1.54, 1.807) is 45.4 Å². The van der Waals surface area contributed by atoms with Gasteiger partial charge in [-0.25, -0.2) is 0 Å². The predicted molar refractivity (Wildman–Crippen MR) is 107 cm³/mol. The Balaban J connectivity index is 1.70. The van der Waals surface area contributed by atoms with E-state index in [1.807, 2.05) is 6.07 Å². The zero-order chi connectivity index (χ0) is 20.5. The van der Waals surface area contributed by atoms with Crippen molar-refractivity contribution in [3.8, 4) is 23.0 Å². The van der Waals surface area contributed by atoms with E-state index in [4.69, 9.17) is 14.2 Å². The van der Waals surface area contributed by atoms with Gasteiger partial charge in [0.05, 0.1) is 32.9 Å². The molecule has 4 rings (SSSR count). The van der Waals surface area contributed by atoms with Gasteiger partial charge in [-0.15, -0.1) is 0 Å². The number of carbonyl (C=O) groups is 1. The molecule has 2 aliphatic rings. The number of hydrogen-bond donors (Lipinski definition) is 1. The van der Waals surface area contributed by atoms with Gasteiger partial charge in [0.15, 0.2) is 17.3 Å². The Morgan fingerprint density at radius 3 is 2.55 bits per heavy atom. The molecule has 152 valence electrons. The van der Waals surface area contributed by atoms with Gasteiger partial charge in [-0.1, -0.05) is 17.9 Å². The molecular formula is C23H25NO5. The SMILES string of the molecule is COc1ccc(/C=C2\Oc3c(C[NH+]4CCCC4)c([O-])cc(C)c3C2=O)cc1OC. The first-order valence-corrected chi connectivity index (χ1v) is 9.85. The van der Waals surface area contributed by atoms with Crippen molar-refractivity contribution in [3.63, 3.8) is 0 Å². The number of Topliss-reactive ketones (excluding diaryl/α,β-unsaturated/α-hetero) is 1. The quantitative estimate of drug-likeness (QED) is 0.783. The van der Waals surface area contributed by atoms with E-state index in [2.05, 4.69) is 0 Å². The average Bonchev–Trinajstić information content (AvgIpc) is 3.33. The molecule has 2 aromatic carbocycles. The molecule has 1 saturated heterocycles. The van der Waals surface area contributed by atoms with Crippen LogP contribution < -0.4 is 24.2 Å². The Morgan fingerprint density at radius 2 is 1.86 bits per heavy atom. The smallest absolute Gasteiger partial charge is 0.232 e. The Hall–Kier alpha value is -2.99. The number of benzene rings is 2. The molecule has 2 aromatic rings. The monoisotopic (exact) mass is 395 g/mol. The van der Waals surface area contributed by atoms with Crippen LogP contribution in [0.5, 0.6) is 23.0 Å². The number of fused-ring (bicyclic) bond motifs is 1. The second-order valence-electron chi connectivity index (χ2n) is 7.56. The highest BCUT2D eigenvalue weighted by molar-refractivity contribution is 6.15. The third-order valence-corrected chi connectivity index (χ3v) is 5.65. The first kappa shape index (κ1) is 19.3. The molecule has 6 heteroatoms. The summed E-state index contributed by atoms with van der Waals surface area (Å²) < 4.78 is 16.6. The molecular weight excluding hydrogens is 370 g/mol. The van der Waals surface area contributed by atoms with Crippen LogP contribution in [0.2, 0.25) is 0 Å². The summed E-state index contributed by atoms with van der Waals surface area (Å²) in [5.41, 5.74) is 2.52. The van der Waals surface area contributed by atoms with Crippen LogP contribution in [-0.2, 0) is 6.54 Å². The summed E-state index contributed by atoms with van der Waals surface area (Å²) >= 11 is 0. The molecule has 29 heavy (non-hydrogen) atoms. The molecule has 0 radical (unpaired) electrons. The van der Waals surface area contributed by atoms with Crippen molar-refractivity contribution in [2.75, 3.05) is 27.3 Å². The lowest BCUT2D eigenvalue weighted by Crippen LogP contribution is -3.08. The number of methoxy groups -OCH3 is 2. The number of aryl methyl sites for hydroxylation is 1. The van der Waals surface area contributed by atoms with Crippen LogP contribution >= 0.6 is 0 Å². The Kier molecular flexibility index (Phi) is 5.20. The van der Waals surface area contributed by atoms with Crippen molar-refractivity contribution >= 4 is 11.9 Å². The molecule has 2 aliphatic heterocycles. The maximum Gasteiger partial charge on any atom is 0.232 e. The van der Waals surface area contributed by atoms with Gasteiger partial charge in [-0.05, 0) is 36.3 Å². The Morgan fingerprint density at radius 1 is 1.14 bits per heavy atom. The topological polar surface area (TPSA) is 72.3 Å². The number of likely N-dealkylation sites (tertiary alicyclic amines) is 1. The maximum absolute atomic E-state index is 13.0. The van der Waals surface area contributed by atoms with Crippen LogP contribution in [0.1, 0.15) is 39.9 Å². The Labute approximate surface area is 170 Å². The van der Waals surface area contributed by atoms with Crippen molar-refractivity contribution in [3.05, 3.63) is 52.3 Å². The van der Waals surface area contributed by atoms with Gasteiger partial charge in [0.1, 0.15) is 12.3 Å². The summed E-state index contributed by atoms with van der Waals surface area (Å²) in [5.74, 6) is 1.59. The lowest BCUT2D eigenvalue weighted by atomic mass is 9.99. The average molecular weight is 395 g/mol. The third-order valence-electron chi connectivity index (χ3n) is 5.65. The second-order valence-corrected chi connectivity index (χ2v) is 7.56. The Bertz CT molecular complexity index is 989. The normalized spacial score (nSPS) is 17.5. The molecule has 0 bridgehead atoms. The molecule has 0 saturated carbocycles. The van der Waals surface area contributed by atoms with Crippen molar-refractivity contribution in [2.45, 2.75) is 26.3 Å². The fourth-order valence-electron chi connectivity index (χ4n) is 4.13. The fourth-order valence-corrected chi connectivity index (χ4v) is 4.13. The van der Waals surface area contributed by atoms with Crippen LogP contribution in [0, 0.1) is 6.92 Å². The van der Waals surface area contributed by atoms with Crippen molar-refractivity contribution in [1.29, 1.82) is 0 Å². The minimum atomic E-state index is -0.190. The summed E-state index contributed by atoms with van der Waals surface area (Å²) in [7, 11) is 3.14. The summed E-state index contributed by atoms with van der Waals surface area (Å²) in [4.78, 5) is 14.4. The van der Waals surface area contributed by atoms with Gasteiger partial charge in [0.2, 0.25) is 5.78 Å². The van der Waals surface area contributed by atoms with E-state index >= 15 is 0 Å². The van der Waals surface area contributed by atoms with E-state index < -0.39 is 0 Å². The van der Waals surface area contributed by atoms with Gasteiger partial charge in [-0.3, -0.25) is 4.79 Å². The minimum Gasteiger partial charge on any atom is -0.872 e. The van der Waals surface area contributed by atoms with E-state index in [-0.39, 0.29) is 17.3 Å². The number of allylic oxidation sites excluding steroid dienone is 1. The standard InChI is InChI=1S/C23H25NO5/c1-14-10-17(25)16(13-24-8-4-5-9-24)23-21(14)22(26)20(29-23)12-15-6-7-18(27-2)19(11-15)28-3/h6-7,10-12,25H,4-5,8-9,13H2,1-3H3/b20-12-. The molecule has 1 N–H and O–H groups in total. The summed E-state index contributed by atoms with van der Waals surface area (Å²) in [5, 5.41) is 12.7. The highest BCUT2D eigenvalue weighted by atomic mass is 16.5. The number of ketones is 1. The van der Waals surface area contributed by atoms with E-state index in [9.17, 15) is 9.90 Å². The summed E-state index contributed by atoms with van der Waals surface area (Å²) in [6.07, 6.45) is 4.02. The molecule has 0 aromatic heterocycles. The van der Waals surface area contributed by atoms with E-state index in [1.165, 1.54) is 17.7 Å². The fraction of sp³-hybridized carbons (Fsp3) is 0.348. The van der Waals surface area contributed by atoms with Gasteiger partial charge in [0.25, 0.3) is 0 Å². The number of rotatable bonds is 5. The maximum atomic E-state index is 13.0. The van der Waals surface area contributed by atoms with Gasteiger partial charge < -0.3 is 24.2 Å². The number of nitrogens with one attached hydrogen (secondary N) is 1. The summed E-state index contributed by atoms with van der Waals surface area (Å²) in [6, 6.07) is 6.95. The van der Waals surface area contributed by atoms with Crippen LogP contribution in [0.3, 0.4) is 0 Å². The molecule has 0 aliphatic carbocycles. The summed E-state index contributed by atoms with van der Waals surface area (Å²) in [6.45, 7) is 4.47. The van der Waals surface area contributed by atoms with E-state index in [0.717, 1.165) is 18.7 Å². The lowest BCUT2D eigenvalue weighted by Gasteiger charge is -2.20. The van der Waals surface area contributed by atoms with Gasteiger partial charge in [-0.2, -0.15) is 0 Å². The van der Waals surface area contributed by atoms with Crippen LogP contribution in [0.15, 0.2) is 30.0 Å². The van der Waals surface area contributed by atoms with Crippen molar-refractivity contribution in [2.24, 2.45) is 0 Å². The zero-order valence-corrected chi connectivity index (χ0v) is 17.0. The highest BCUT2D eigenvalue weighted by Gasteiger charge is 2.33.